The van der Waals surface area contributed by atoms with Gasteiger partial charge in [0.2, 0.25) is 0 Å². The van der Waals surface area contributed by atoms with Gasteiger partial charge in [-0.2, -0.15) is 13.2 Å². The molecule has 0 saturated carbocycles. The lowest BCUT2D eigenvalue weighted by Gasteiger charge is -2.30. The lowest BCUT2D eigenvalue weighted by atomic mass is 10.0. The molecule has 2 heterocycles. The molecule has 9 nitrogen and oxygen atoms in total. The van der Waals surface area contributed by atoms with Gasteiger partial charge >= 0.3 is 6.18 Å². The molecule has 3 N–H and O–H groups in total. The Morgan fingerprint density at radius 3 is 2.26 bits per heavy atom. The standard InChI is InChI=1S/C30H30F3N5O4/c1-40-20-7-4-18(5-8-20)35-29(39)22-15-21-23(30(31,32)33)16-28(37-25(21)17-26(22)41-2)36-24-9-6-19(14-27(24)42-3)38-12-10-34-11-13-38/h4-9,14-17,34H,10-13H2,1-3H3,(H,35,39)(H,36,37). The van der Waals surface area contributed by atoms with E-state index >= 15 is 0 Å². The molecule has 0 unspecified atom stereocenters. The molecule has 1 amide bonds. The summed E-state index contributed by atoms with van der Waals surface area (Å²) >= 11 is 0. The maximum absolute atomic E-state index is 14.3. The summed E-state index contributed by atoms with van der Waals surface area (Å²) in [5, 5.41) is 8.72. The summed E-state index contributed by atoms with van der Waals surface area (Å²) in [7, 11) is 4.35. The van der Waals surface area contributed by atoms with Crippen molar-refractivity contribution in [3.8, 4) is 17.2 Å². The van der Waals surface area contributed by atoms with E-state index in [-0.39, 0.29) is 28.0 Å². The Kier molecular flexibility index (Phi) is 8.25. The molecular formula is C30H30F3N5O4. The van der Waals surface area contributed by atoms with Gasteiger partial charge in [-0.25, -0.2) is 4.98 Å². The van der Waals surface area contributed by atoms with Crippen molar-refractivity contribution in [3.05, 3.63) is 71.8 Å². The number of fused-ring (bicyclic) bond motifs is 1. The molecule has 0 atom stereocenters. The summed E-state index contributed by atoms with van der Waals surface area (Å²) in [6.45, 7) is 3.38. The van der Waals surface area contributed by atoms with Crippen LogP contribution in [0.1, 0.15) is 15.9 Å². The fourth-order valence-corrected chi connectivity index (χ4v) is 4.81. The summed E-state index contributed by atoms with van der Waals surface area (Å²) in [5.41, 5.74) is 0.826. The lowest BCUT2D eigenvalue weighted by molar-refractivity contribution is -0.136. The first-order valence-electron chi connectivity index (χ1n) is 13.2. The molecule has 1 aliphatic rings. The largest absolute Gasteiger partial charge is 0.497 e. The first kappa shape index (κ1) is 28.8. The van der Waals surface area contributed by atoms with Crippen molar-refractivity contribution in [3.63, 3.8) is 0 Å². The molecule has 220 valence electrons. The Balaban J connectivity index is 1.50. The number of benzene rings is 3. The number of alkyl halides is 3. The smallest absolute Gasteiger partial charge is 0.417 e. The number of anilines is 4. The number of piperazine rings is 1. The number of halogens is 3. The number of nitrogens with zero attached hydrogens (tertiary/aromatic N) is 2. The Labute approximate surface area is 240 Å². The molecule has 1 aromatic heterocycles. The van der Waals surface area contributed by atoms with Gasteiger partial charge in [0.05, 0.1) is 43.7 Å². The van der Waals surface area contributed by atoms with Gasteiger partial charge in [0.1, 0.15) is 23.1 Å². The van der Waals surface area contributed by atoms with Crippen LogP contribution in [0.25, 0.3) is 10.9 Å². The number of amides is 1. The second-order valence-corrected chi connectivity index (χ2v) is 9.55. The van der Waals surface area contributed by atoms with Gasteiger partial charge in [0.15, 0.2) is 0 Å². The van der Waals surface area contributed by atoms with Crippen LogP contribution >= 0.6 is 0 Å². The number of nitrogens with one attached hydrogen (secondary N) is 3. The molecule has 3 aromatic carbocycles. The van der Waals surface area contributed by atoms with E-state index in [9.17, 15) is 18.0 Å². The Hall–Kier alpha value is -4.71. The molecular weight excluding hydrogens is 551 g/mol. The van der Waals surface area contributed by atoms with E-state index in [1.165, 1.54) is 27.4 Å². The van der Waals surface area contributed by atoms with Crippen molar-refractivity contribution >= 4 is 39.7 Å². The predicted molar refractivity (Wildman–Crippen MR) is 156 cm³/mol. The third kappa shape index (κ3) is 6.13. The monoisotopic (exact) mass is 581 g/mol. The molecule has 0 spiro atoms. The highest BCUT2D eigenvalue weighted by Gasteiger charge is 2.34. The fourth-order valence-electron chi connectivity index (χ4n) is 4.81. The van der Waals surface area contributed by atoms with Gasteiger partial charge in [-0.3, -0.25) is 4.79 Å². The van der Waals surface area contributed by atoms with E-state index in [0.29, 0.717) is 22.9 Å². The third-order valence-electron chi connectivity index (χ3n) is 6.96. The number of rotatable bonds is 8. The van der Waals surface area contributed by atoms with Crippen molar-refractivity contribution in [1.82, 2.24) is 10.3 Å². The maximum atomic E-state index is 14.3. The number of hydrogen-bond acceptors (Lipinski definition) is 8. The van der Waals surface area contributed by atoms with E-state index in [4.69, 9.17) is 14.2 Å². The van der Waals surface area contributed by atoms with Gasteiger partial charge in [-0.05, 0) is 48.5 Å². The summed E-state index contributed by atoms with van der Waals surface area (Å²) in [4.78, 5) is 19.8. The Bertz CT molecular complexity index is 1590. The molecule has 0 bridgehead atoms. The summed E-state index contributed by atoms with van der Waals surface area (Å²) in [5.74, 6) is 0.452. The number of hydrogen-bond donors (Lipinski definition) is 3. The van der Waals surface area contributed by atoms with Crippen LogP contribution in [-0.2, 0) is 6.18 Å². The molecule has 1 aliphatic heterocycles. The number of pyridine rings is 1. The molecule has 0 aliphatic carbocycles. The van der Waals surface area contributed by atoms with Crippen molar-refractivity contribution < 1.29 is 32.2 Å². The van der Waals surface area contributed by atoms with Gasteiger partial charge in [-0.15, -0.1) is 0 Å². The normalized spacial score (nSPS) is 13.5. The number of ether oxygens (including phenoxy) is 3. The van der Waals surface area contributed by atoms with Gasteiger partial charge in [0, 0.05) is 55.1 Å². The van der Waals surface area contributed by atoms with Crippen LogP contribution < -0.4 is 35.1 Å². The third-order valence-corrected chi connectivity index (χ3v) is 6.96. The first-order chi connectivity index (χ1) is 20.2. The number of methoxy groups -OCH3 is 3. The molecule has 0 radical (unpaired) electrons. The van der Waals surface area contributed by atoms with E-state index in [2.05, 4.69) is 25.8 Å². The molecule has 5 rings (SSSR count). The SMILES string of the molecule is COc1ccc(NC(=O)c2cc3c(C(F)(F)F)cc(Nc4ccc(N5CCNCC5)cc4OC)nc3cc2OC)cc1. The highest BCUT2D eigenvalue weighted by atomic mass is 19.4. The van der Waals surface area contributed by atoms with Crippen molar-refractivity contribution in [2.24, 2.45) is 0 Å². The van der Waals surface area contributed by atoms with Crippen LogP contribution in [0.5, 0.6) is 17.2 Å². The van der Waals surface area contributed by atoms with Gasteiger partial charge in [-0.1, -0.05) is 0 Å². The zero-order valence-electron chi connectivity index (χ0n) is 23.3. The van der Waals surface area contributed by atoms with Gasteiger partial charge in [0.25, 0.3) is 5.91 Å². The van der Waals surface area contributed by atoms with Crippen LogP contribution in [0.15, 0.2) is 60.7 Å². The second kappa shape index (κ2) is 12.0. The average molecular weight is 582 g/mol. The lowest BCUT2D eigenvalue weighted by Crippen LogP contribution is -2.43. The van der Waals surface area contributed by atoms with Crippen LogP contribution in [0, 0.1) is 0 Å². The highest BCUT2D eigenvalue weighted by Crippen LogP contribution is 2.40. The zero-order chi connectivity index (χ0) is 29.9. The number of carbonyl (C=O) groups excluding carboxylic acids is 1. The molecule has 4 aromatic rings. The predicted octanol–water partition coefficient (Wildman–Crippen LogP) is 5.68. The summed E-state index contributed by atoms with van der Waals surface area (Å²) < 4.78 is 59.1. The Morgan fingerprint density at radius 1 is 0.905 bits per heavy atom. The minimum Gasteiger partial charge on any atom is -0.497 e. The van der Waals surface area contributed by atoms with E-state index in [1.54, 1.807) is 30.3 Å². The fraction of sp³-hybridized carbons (Fsp3) is 0.267. The van der Waals surface area contributed by atoms with Crippen LogP contribution in [0.3, 0.4) is 0 Å². The van der Waals surface area contributed by atoms with E-state index in [1.807, 2.05) is 12.1 Å². The van der Waals surface area contributed by atoms with Gasteiger partial charge < -0.3 is 35.1 Å². The molecule has 42 heavy (non-hydrogen) atoms. The maximum Gasteiger partial charge on any atom is 0.417 e. The van der Waals surface area contributed by atoms with Crippen molar-refractivity contribution in [2.45, 2.75) is 6.18 Å². The minimum atomic E-state index is -4.73. The zero-order valence-corrected chi connectivity index (χ0v) is 23.3. The minimum absolute atomic E-state index is 0.00146. The van der Waals surface area contributed by atoms with Crippen molar-refractivity contribution in [2.75, 3.05) is 63.0 Å². The first-order valence-corrected chi connectivity index (χ1v) is 13.2. The van der Waals surface area contributed by atoms with E-state index in [0.717, 1.165) is 44.0 Å². The number of carbonyl (C=O) groups is 1. The second-order valence-electron chi connectivity index (χ2n) is 9.55. The van der Waals surface area contributed by atoms with Crippen LogP contribution in [0.2, 0.25) is 0 Å². The molecule has 1 fully saturated rings. The highest BCUT2D eigenvalue weighted by molar-refractivity contribution is 6.09. The van der Waals surface area contributed by atoms with E-state index < -0.39 is 17.6 Å². The molecule has 12 heteroatoms. The average Bonchev–Trinajstić information content (AvgIpc) is 3.00. The summed E-state index contributed by atoms with van der Waals surface area (Å²) in [6, 6.07) is 15.4. The van der Waals surface area contributed by atoms with Crippen molar-refractivity contribution in [1.29, 1.82) is 0 Å². The number of aromatic nitrogens is 1. The Morgan fingerprint density at radius 2 is 1.62 bits per heavy atom. The molecule has 1 saturated heterocycles. The summed E-state index contributed by atoms with van der Waals surface area (Å²) in [6.07, 6.45) is -4.73. The van der Waals surface area contributed by atoms with Crippen LogP contribution in [-0.4, -0.2) is 58.4 Å². The quantitative estimate of drug-likeness (QED) is 0.245. The topological polar surface area (TPSA) is 97.0 Å². The van der Waals surface area contributed by atoms with Crippen LogP contribution in [0.4, 0.5) is 36.1 Å².